The van der Waals surface area contributed by atoms with Crippen LogP contribution < -0.4 is 14.4 Å². The summed E-state index contributed by atoms with van der Waals surface area (Å²) in [7, 11) is -2.27. The Labute approximate surface area is 225 Å². The summed E-state index contributed by atoms with van der Waals surface area (Å²) in [6.45, 7) is 2.05. The van der Waals surface area contributed by atoms with E-state index in [1.165, 1.54) is 11.9 Å². The van der Waals surface area contributed by atoms with Crippen LogP contribution in [-0.2, 0) is 32.6 Å². The number of nitrogens with zero attached hydrogens (tertiary/aromatic N) is 2. The fraction of sp³-hybridized carbons (Fsp3) is 0.310. The van der Waals surface area contributed by atoms with Crippen molar-refractivity contribution in [3.8, 4) is 5.75 Å². The third kappa shape index (κ3) is 8.08. The van der Waals surface area contributed by atoms with Crippen molar-refractivity contribution in [1.29, 1.82) is 0 Å². The topological polar surface area (TPSA) is 96.0 Å². The molecule has 0 bridgehead atoms. The van der Waals surface area contributed by atoms with E-state index < -0.39 is 28.5 Å². The summed E-state index contributed by atoms with van der Waals surface area (Å²) in [5.41, 5.74) is 2.36. The van der Waals surface area contributed by atoms with Crippen LogP contribution >= 0.6 is 0 Å². The molecular weight excluding hydrogens is 502 g/mol. The third-order valence-electron chi connectivity index (χ3n) is 6.17. The summed E-state index contributed by atoms with van der Waals surface area (Å²) in [4.78, 5) is 27.6. The highest BCUT2D eigenvalue weighted by Gasteiger charge is 2.31. The molecule has 0 radical (unpaired) electrons. The first-order chi connectivity index (χ1) is 18.2. The number of carbonyl (C=O) groups excluding carboxylic acids is 2. The molecule has 0 fully saturated rings. The average molecular weight is 538 g/mol. The van der Waals surface area contributed by atoms with E-state index in [9.17, 15) is 18.0 Å². The quantitative estimate of drug-likeness (QED) is 0.359. The van der Waals surface area contributed by atoms with Gasteiger partial charge >= 0.3 is 0 Å². The predicted octanol–water partition coefficient (Wildman–Crippen LogP) is 3.63. The molecule has 0 aliphatic rings. The number of likely N-dealkylation sites (N-methyl/N-ethyl adjacent to an activating group) is 1. The van der Waals surface area contributed by atoms with E-state index >= 15 is 0 Å². The number of anilines is 1. The lowest BCUT2D eigenvalue weighted by atomic mass is 10.1. The number of ether oxygens (including phenoxy) is 1. The van der Waals surface area contributed by atoms with E-state index in [1.54, 1.807) is 24.3 Å². The molecule has 202 valence electrons. The van der Waals surface area contributed by atoms with Crippen molar-refractivity contribution in [3.05, 3.63) is 96.1 Å². The Morgan fingerprint density at radius 1 is 0.895 bits per heavy atom. The number of rotatable bonds is 13. The molecule has 0 heterocycles. The van der Waals surface area contributed by atoms with Gasteiger partial charge in [-0.05, 0) is 48.2 Å². The highest BCUT2D eigenvalue weighted by molar-refractivity contribution is 7.92. The van der Waals surface area contributed by atoms with Crippen molar-refractivity contribution in [3.63, 3.8) is 0 Å². The molecule has 1 atom stereocenters. The SMILES string of the molecule is CC[C@H](C(=O)NC)N(CCc1ccccc1)C(=O)CN(c1ccc(OCc2ccccc2)cc1)S(C)(=O)=O. The maximum absolute atomic E-state index is 13.6. The molecule has 3 aromatic rings. The molecular formula is C29H35N3O5S. The Morgan fingerprint density at radius 3 is 2.00 bits per heavy atom. The lowest BCUT2D eigenvalue weighted by Crippen LogP contribution is -2.52. The zero-order valence-corrected chi connectivity index (χ0v) is 22.9. The van der Waals surface area contributed by atoms with Crippen molar-refractivity contribution in [1.82, 2.24) is 10.2 Å². The van der Waals surface area contributed by atoms with Crippen molar-refractivity contribution in [2.75, 3.05) is 30.7 Å². The zero-order valence-electron chi connectivity index (χ0n) is 22.0. The molecule has 9 heteroatoms. The maximum atomic E-state index is 13.6. The van der Waals surface area contributed by atoms with Crippen molar-refractivity contribution in [2.24, 2.45) is 0 Å². The van der Waals surface area contributed by atoms with Crippen LogP contribution in [0.4, 0.5) is 5.69 Å². The highest BCUT2D eigenvalue weighted by Crippen LogP contribution is 2.23. The van der Waals surface area contributed by atoms with Gasteiger partial charge in [0.1, 0.15) is 24.9 Å². The number of carbonyl (C=O) groups is 2. The molecule has 0 aliphatic heterocycles. The van der Waals surface area contributed by atoms with E-state index in [4.69, 9.17) is 4.74 Å². The molecule has 3 rings (SSSR count). The lowest BCUT2D eigenvalue weighted by Gasteiger charge is -2.32. The second kappa shape index (κ2) is 13.6. The molecule has 8 nitrogen and oxygen atoms in total. The first-order valence-electron chi connectivity index (χ1n) is 12.5. The molecule has 38 heavy (non-hydrogen) atoms. The standard InChI is InChI=1S/C29H35N3O5S/c1-4-27(29(34)30-2)31(20-19-23-11-7-5-8-12-23)28(33)21-32(38(3,35)36)25-15-17-26(18-16-25)37-22-24-13-9-6-10-14-24/h5-18,27H,4,19-22H2,1-3H3,(H,30,34)/t27-/m1/s1. The summed E-state index contributed by atoms with van der Waals surface area (Å²) in [5.74, 6) is -0.168. The number of amides is 2. The van der Waals surface area contributed by atoms with Gasteiger partial charge in [-0.3, -0.25) is 13.9 Å². The molecule has 0 spiro atoms. The molecule has 0 aliphatic carbocycles. The number of benzene rings is 3. The van der Waals surface area contributed by atoms with E-state index in [1.807, 2.05) is 67.6 Å². The Bertz CT molecular complexity index is 1280. The van der Waals surface area contributed by atoms with Gasteiger partial charge in [0.15, 0.2) is 0 Å². The van der Waals surface area contributed by atoms with Gasteiger partial charge in [0.25, 0.3) is 0 Å². The van der Waals surface area contributed by atoms with Crippen molar-refractivity contribution in [2.45, 2.75) is 32.4 Å². The van der Waals surface area contributed by atoms with E-state index in [-0.39, 0.29) is 12.5 Å². The second-order valence-corrected chi connectivity index (χ2v) is 10.8. The summed E-state index contributed by atoms with van der Waals surface area (Å²) in [5, 5.41) is 2.62. The normalized spacial score (nSPS) is 11.9. The summed E-state index contributed by atoms with van der Waals surface area (Å²) in [6, 6.07) is 25.2. The number of sulfonamides is 1. The van der Waals surface area contributed by atoms with Crippen LogP contribution in [0.3, 0.4) is 0 Å². The van der Waals surface area contributed by atoms with E-state index in [0.29, 0.717) is 30.9 Å². The van der Waals surface area contributed by atoms with Gasteiger partial charge in [0, 0.05) is 13.6 Å². The van der Waals surface area contributed by atoms with Gasteiger partial charge in [-0.1, -0.05) is 67.6 Å². The smallest absolute Gasteiger partial charge is 0.244 e. The maximum Gasteiger partial charge on any atom is 0.244 e. The first kappa shape index (κ1) is 28.7. The Morgan fingerprint density at radius 2 is 1.47 bits per heavy atom. The first-order valence-corrected chi connectivity index (χ1v) is 14.4. The van der Waals surface area contributed by atoms with E-state index in [0.717, 1.165) is 21.7 Å². The Kier molecular flexibility index (Phi) is 10.3. The van der Waals surface area contributed by atoms with E-state index in [2.05, 4.69) is 5.32 Å². The van der Waals surface area contributed by atoms with Crippen LogP contribution in [0, 0.1) is 0 Å². The van der Waals surface area contributed by atoms with Crippen LogP contribution in [-0.4, -0.2) is 57.6 Å². The second-order valence-electron chi connectivity index (χ2n) is 8.90. The molecule has 0 unspecified atom stereocenters. The minimum Gasteiger partial charge on any atom is -0.489 e. The van der Waals surface area contributed by atoms with Gasteiger partial charge < -0.3 is 15.0 Å². The van der Waals surface area contributed by atoms with Crippen molar-refractivity contribution >= 4 is 27.5 Å². The highest BCUT2D eigenvalue weighted by atomic mass is 32.2. The van der Waals surface area contributed by atoms with Crippen LogP contribution in [0.1, 0.15) is 24.5 Å². The van der Waals surface area contributed by atoms with Gasteiger partial charge in [-0.15, -0.1) is 0 Å². The average Bonchev–Trinajstić information content (AvgIpc) is 2.93. The molecule has 0 saturated carbocycles. The fourth-order valence-corrected chi connectivity index (χ4v) is 4.98. The lowest BCUT2D eigenvalue weighted by molar-refractivity contribution is -0.139. The predicted molar refractivity (Wildman–Crippen MR) is 149 cm³/mol. The Balaban J connectivity index is 1.78. The van der Waals surface area contributed by atoms with Crippen LogP contribution in [0.25, 0.3) is 0 Å². The number of nitrogens with one attached hydrogen (secondary N) is 1. The summed E-state index contributed by atoms with van der Waals surface area (Å²) in [6.07, 6.45) is 1.99. The Hall–Kier alpha value is -3.85. The minimum absolute atomic E-state index is 0.276. The molecule has 0 aromatic heterocycles. The van der Waals surface area contributed by atoms with Crippen LogP contribution in [0.2, 0.25) is 0 Å². The minimum atomic E-state index is -3.80. The number of hydrogen-bond acceptors (Lipinski definition) is 5. The van der Waals surface area contributed by atoms with Gasteiger partial charge in [0.2, 0.25) is 21.8 Å². The van der Waals surface area contributed by atoms with Gasteiger partial charge in [0.05, 0.1) is 11.9 Å². The molecule has 0 saturated heterocycles. The third-order valence-corrected chi connectivity index (χ3v) is 7.31. The van der Waals surface area contributed by atoms with Crippen molar-refractivity contribution < 1.29 is 22.7 Å². The van der Waals surface area contributed by atoms with Crippen LogP contribution in [0.15, 0.2) is 84.9 Å². The molecule has 2 amide bonds. The largest absolute Gasteiger partial charge is 0.489 e. The molecule has 3 aromatic carbocycles. The zero-order chi connectivity index (χ0) is 27.5. The summed E-state index contributed by atoms with van der Waals surface area (Å²) >= 11 is 0. The fourth-order valence-electron chi connectivity index (χ4n) is 4.13. The van der Waals surface area contributed by atoms with Gasteiger partial charge in [-0.25, -0.2) is 8.42 Å². The van der Waals surface area contributed by atoms with Gasteiger partial charge in [-0.2, -0.15) is 0 Å². The number of hydrogen-bond donors (Lipinski definition) is 1. The molecule has 1 N–H and O–H groups in total. The summed E-state index contributed by atoms with van der Waals surface area (Å²) < 4.78 is 32.3. The monoisotopic (exact) mass is 537 g/mol. The van der Waals surface area contributed by atoms with Crippen LogP contribution in [0.5, 0.6) is 5.75 Å².